The SMILES string of the molecule is O=C(CCCCCCC(=O)N/N=C/c1cccnc1)N/N=C/c1cccnc1. The van der Waals surface area contributed by atoms with Crippen LogP contribution in [-0.4, -0.2) is 34.2 Å². The summed E-state index contributed by atoms with van der Waals surface area (Å²) in [4.78, 5) is 31.3. The van der Waals surface area contributed by atoms with Gasteiger partial charge >= 0.3 is 0 Å². The van der Waals surface area contributed by atoms with Crippen molar-refractivity contribution in [2.45, 2.75) is 38.5 Å². The van der Waals surface area contributed by atoms with Crippen LogP contribution < -0.4 is 10.9 Å². The van der Waals surface area contributed by atoms with Gasteiger partial charge in [0.2, 0.25) is 11.8 Å². The average molecular weight is 380 g/mol. The molecule has 2 heterocycles. The van der Waals surface area contributed by atoms with E-state index >= 15 is 0 Å². The Labute approximate surface area is 164 Å². The van der Waals surface area contributed by atoms with E-state index in [1.165, 1.54) is 0 Å². The number of hydrazone groups is 2. The topological polar surface area (TPSA) is 109 Å². The van der Waals surface area contributed by atoms with Crippen molar-refractivity contribution in [2.24, 2.45) is 10.2 Å². The smallest absolute Gasteiger partial charge is 0.240 e. The highest BCUT2D eigenvalue weighted by Gasteiger charge is 2.02. The molecule has 0 aromatic carbocycles. The van der Waals surface area contributed by atoms with Gasteiger partial charge in [-0.1, -0.05) is 25.0 Å². The van der Waals surface area contributed by atoms with Crippen LogP contribution in [0.25, 0.3) is 0 Å². The van der Waals surface area contributed by atoms with Gasteiger partial charge in [-0.3, -0.25) is 19.6 Å². The molecule has 0 saturated carbocycles. The summed E-state index contributed by atoms with van der Waals surface area (Å²) in [5.41, 5.74) is 6.64. The molecule has 146 valence electrons. The molecule has 0 radical (unpaired) electrons. The van der Waals surface area contributed by atoms with Crippen molar-refractivity contribution in [2.75, 3.05) is 0 Å². The summed E-state index contributed by atoms with van der Waals surface area (Å²) in [6, 6.07) is 7.30. The minimum absolute atomic E-state index is 0.123. The third-order valence-electron chi connectivity index (χ3n) is 3.73. The van der Waals surface area contributed by atoms with Crippen LogP contribution in [0.1, 0.15) is 49.7 Å². The van der Waals surface area contributed by atoms with E-state index < -0.39 is 0 Å². The molecule has 2 N–H and O–H groups in total. The van der Waals surface area contributed by atoms with Crippen molar-refractivity contribution in [1.29, 1.82) is 0 Å². The fourth-order valence-electron chi connectivity index (χ4n) is 2.30. The van der Waals surface area contributed by atoms with Gasteiger partial charge in [-0.05, 0) is 25.0 Å². The van der Waals surface area contributed by atoms with Crippen molar-refractivity contribution in [3.63, 3.8) is 0 Å². The Morgan fingerprint density at radius 3 is 1.64 bits per heavy atom. The molecule has 0 aliphatic heterocycles. The lowest BCUT2D eigenvalue weighted by atomic mass is 10.1. The Bertz CT molecular complexity index is 710. The molecule has 2 rings (SSSR count). The van der Waals surface area contributed by atoms with Crippen molar-refractivity contribution in [3.8, 4) is 0 Å². The maximum absolute atomic E-state index is 11.7. The summed E-state index contributed by atoms with van der Waals surface area (Å²) in [6.07, 6.45) is 13.9. The van der Waals surface area contributed by atoms with E-state index in [1.54, 1.807) is 49.3 Å². The second-order valence-electron chi connectivity index (χ2n) is 6.07. The third-order valence-corrected chi connectivity index (χ3v) is 3.73. The van der Waals surface area contributed by atoms with E-state index in [0.29, 0.717) is 12.8 Å². The highest BCUT2D eigenvalue weighted by atomic mass is 16.2. The number of carbonyl (C=O) groups excluding carboxylic acids is 2. The quantitative estimate of drug-likeness (QED) is 0.354. The minimum atomic E-state index is -0.123. The van der Waals surface area contributed by atoms with Crippen LogP contribution in [0.4, 0.5) is 0 Å². The van der Waals surface area contributed by atoms with E-state index in [1.807, 2.05) is 12.1 Å². The zero-order chi connectivity index (χ0) is 19.9. The summed E-state index contributed by atoms with van der Waals surface area (Å²) in [7, 11) is 0. The largest absolute Gasteiger partial charge is 0.273 e. The van der Waals surface area contributed by atoms with Crippen molar-refractivity contribution in [3.05, 3.63) is 60.2 Å². The summed E-state index contributed by atoms with van der Waals surface area (Å²) < 4.78 is 0. The van der Waals surface area contributed by atoms with E-state index in [2.05, 4.69) is 31.0 Å². The molecule has 0 aliphatic rings. The number of unbranched alkanes of at least 4 members (excludes halogenated alkanes) is 3. The van der Waals surface area contributed by atoms with E-state index in [9.17, 15) is 9.59 Å². The van der Waals surface area contributed by atoms with Crippen LogP contribution in [0.5, 0.6) is 0 Å². The molecule has 2 aromatic rings. The first-order valence-electron chi connectivity index (χ1n) is 9.18. The van der Waals surface area contributed by atoms with Crippen LogP contribution in [0.2, 0.25) is 0 Å². The van der Waals surface area contributed by atoms with Crippen LogP contribution in [0.3, 0.4) is 0 Å². The average Bonchev–Trinajstić information content (AvgIpc) is 2.72. The van der Waals surface area contributed by atoms with Gasteiger partial charge in [0.1, 0.15) is 0 Å². The van der Waals surface area contributed by atoms with Gasteiger partial charge in [0.25, 0.3) is 0 Å². The lowest BCUT2D eigenvalue weighted by Gasteiger charge is -2.02. The number of aromatic nitrogens is 2. The zero-order valence-corrected chi connectivity index (χ0v) is 15.6. The molecule has 0 spiro atoms. The third kappa shape index (κ3) is 9.33. The molecule has 0 fully saturated rings. The first-order chi connectivity index (χ1) is 13.7. The fourth-order valence-corrected chi connectivity index (χ4v) is 2.30. The Balaban J connectivity index is 1.47. The zero-order valence-electron chi connectivity index (χ0n) is 15.6. The predicted octanol–water partition coefficient (Wildman–Crippen LogP) is 2.42. The molecule has 8 heteroatoms. The summed E-state index contributed by atoms with van der Waals surface area (Å²) in [6.45, 7) is 0. The van der Waals surface area contributed by atoms with Gasteiger partial charge in [-0.15, -0.1) is 0 Å². The molecule has 0 unspecified atom stereocenters. The van der Waals surface area contributed by atoms with Gasteiger partial charge in [0.05, 0.1) is 12.4 Å². The van der Waals surface area contributed by atoms with Crippen molar-refractivity contribution >= 4 is 24.2 Å². The monoisotopic (exact) mass is 380 g/mol. The van der Waals surface area contributed by atoms with Crippen molar-refractivity contribution < 1.29 is 9.59 Å². The highest BCUT2D eigenvalue weighted by molar-refractivity contribution is 5.82. The van der Waals surface area contributed by atoms with Gasteiger partial charge in [0.15, 0.2) is 0 Å². The predicted molar refractivity (Wildman–Crippen MR) is 108 cm³/mol. The van der Waals surface area contributed by atoms with Crippen LogP contribution >= 0.6 is 0 Å². The number of pyridine rings is 2. The summed E-state index contributed by atoms with van der Waals surface area (Å²) >= 11 is 0. The molecule has 0 atom stereocenters. The standard InChI is InChI=1S/C20H24N6O2/c27-19(25-23-15-17-7-5-11-21-13-17)9-3-1-2-4-10-20(28)26-24-16-18-8-6-12-22-14-18/h5-8,11-16H,1-4,9-10H2,(H,25,27)(H,26,28)/b23-15+,24-16+. The number of nitrogens with zero attached hydrogens (tertiary/aromatic N) is 4. The Kier molecular flexibility index (Phi) is 9.59. The van der Waals surface area contributed by atoms with Crippen LogP contribution in [0.15, 0.2) is 59.3 Å². The number of carbonyl (C=O) groups is 2. The first kappa shape index (κ1) is 20.9. The highest BCUT2D eigenvalue weighted by Crippen LogP contribution is 2.05. The second-order valence-corrected chi connectivity index (χ2v) is 6.07. The Morgan fingerprint density at radius 2 is 1.25 bits per heavy atom. The molecule has 0 saturated heterocycles. The summed E-state index contributed by atoms with van der Waals surface area (Å²) in [5, 5.41) is 7.79. The van der Waals surface area contributed by atoms with Crippen LogP contribution in [-0.2, 0) is 9.59 Å². The minimum Gasteiger partial charge on any atom is -0.273 e. The molecule has 28 heavy (non-hydrogen) atoms. The maximum Gasteiger partial charge on any atom is 0.240 e. The van der Waals surface area contributed by atoms with E-state index in [-0.39, 0.29) is 11.8 Å². The Morgan fingerprint density at radius 1 is 0.786 bits per heavy atom. The number of rotatable bonds is 11. The lowest BCUT2D eigenvalue weighted by molar-refractivity contribution is -0.122. The lowest BCUT2D eigenvalue weighted by Crippen LogP contribution is -2.17. The molecular formula is C20H24N6O2. The fraction of sp³-hybridized carbons (Fsp3) is 0.300. The molecule has 0 bridgehead atoms. The Hall–Kier alpha value is -3.42. The van der Waals surface area contributed by atoms with Gasteiger partial charge in [-0.25, -0.2) is 10.9 Å². The second kappa shape index (κ2) is 12.9. The van der Waals surface area contributed by atoms with Gasteiger partial charge in [0, 0.05) is 48.8 Å². The number of nitrogens with one attached hydrogen (secondary N) is 2. The van der Waals surface area contributed by atoms with Gasteiger partial charge < -0.3 is 0 Å². The normalized spacial score (nSPS) is 11.0. The van der Waals surface area contributed by atoms with Gasteiger partial charge in [-0.2, -0.15) is 10.2 Å². The molecule has 8 nitrogen and oxygen atoms in total. The maximum atomic E-state index is 11.7. The number of amides is 2. The van der Waals surface area contributed by atoms with E-state index in [4.69, 9.17) is 0 Å². The first-order valence-corrected chi connectivity index (χ1v) is 9.18. The summed E-state index contributed by atoms with van der Waals surface area (Å²) in [5.74, 6) is -0.245. The van der Waals surface area contributed by atoms with Crippen molar-refractivity contribution in [1.82, 2.24) is 20.8 Å². The molecular weight excluding hydrogens is 356 g/mol. The van der Waals surface area contributed by atoms with E-state index in [0.717, 1.165) is 36.8 Å². The molecule has 2 amide bonds. The number of hydrogen-bond acceptors (Lipinski definition) is 6. The van der Waals surface area contributed by atoms with Crippen LogP contribution in [0, 0.1) is 0 Å². The molecule has 2 aromatic heterocycles. The number of hydrogen-bond donors (Lipinski definition) is 2. The molecule has 0 aliphatic carbocycles.